The van der Waals surface area contributed by atoms with Crippen molar-refractivity contribution in [2.75, 3.05) is 20.8 Å². The first-order valence-electron chi connectivity index (χ1n) is 10.1. The van der Waals surface area contributed by atoms with Crippen LogP contribution in [0.5, 0.6) is 0 Å². The summed E-state index contributed by atoms with van der Waals surface area (Å²) >= 11 is 0. The number of aliphatic hydroxyl groups excluding tert-OH is 1. The number of carbonyl (C=O) groups is 2. The van der Waals surface area contributed by atoms with Gasteiger partial charge in [-0.25, -0.2) is 14.8 Å². The number of aryl methyl sites for hydroxylation is 1. The number of hydroxylamine groups is 2. The predicted molar refractivity (Wildman–Crippen MR) is 116 cm³/mol. The third kappa shape index (κ3) is 7.08. The molecule has 2 amide bonds. The van der Waals surface area contributed by atoms with Gasteiger partial charge in [0.1, 0.15) is 5.60 Å². The van der Waals surface area contributed by atoms with E-state index in [-0.39, 0.29) is 24.4 Å². The van der Waals surface area contributed by atoms with Gasteiger partial charge in [0.2, 0.25) is 5.82 Å². The second-order valence-corrected chi connectivity index (χ2v) is 8.30. The van der Waals surface area contributed by atoms with Gasteiger partial charge in [-0.1, -0.05) is 24.3 Å². The van der Waals surface area contributed by atoms with Gasteiger partial charge >= 0.3 is 12.0 Å². The summed E-state index contributed by atoms with van der Waals surface area (Å²) in [5, 5.41) is 13.3. The number of aromatic nitrogens is 2. The van der Waals surface area contributed by atoms with E-state index in [9.17, 15) is 14.7 Å². The summed E-state index contributed by atoms with van der Waals surface area (Å²) in [6.45, 7) is 5.36. The van der Waals surface area contributed by atoms with Crippen molar-refractivity contribution >= 4 is 12.0 Å². The zero-order valence-corrected chi connectivity index (χ0v) is 19.0. The van der Waals surface area contributed by atoms with Gasteiger partial charge in [-0.15, -0.1) is 0 Å². The molecule has 1 atom stereocenters. The second-order valence-electron chi connectivity index (χ2n) is 8.30. The molecule has 1 aromatic carbocycles. The van der Waals surface area contributed by atoms with Crippen molar-refractivity contribution in [3.05, 3.63) is 41.9 Å². The average molecular weight is 433 g/mol. The van der Waals surface area contributed by atoms with E-state index in [1.165, 1.54) is 14.2 Å². The number of aliphatic hydroxyl groups is 1. The van der Waals surface area contributed by atoms with Crippen LogP contribution in [0, 0.1) is 0 Å². The van der Waals surface area contributed by atoms with Crippen molar-refractivity contribution in [2.45, 2.75) is 45.3 Å². The van der Waals surface area contributed by atoms with Crippen LogP contribution >= 0.6 is 0 Å². The van der Waals surface area contributed by atoms with Crippen LogP contribution in [0.3, 0.4) is 0 Å². The number of imidazole rings is 1. The largest absolute Gasteiger partial charge is 0.444 e. The Balaban J connectivity index is 2.10. The molecule has 9 heteroatoms. The Kier molecular flexibility index (Phi) is 8.18. The SMILES string of the molecule is CON(C)C(=O)c1nc(-c2ccc(C[C@@H](CCO)NC(=O)OC(C)(C)C)cc2)cn1C. The lowest BCUT2D eigenvalue weighted by molar-refractivity contribution is -0.0766. The molecule has 0 saturated carbocycles. The number of amides is 2. The molecule has 2 N–H and O–H groups in total. The molecule has 0 aliphatic rings. The van der Waals surface area contributed by atoms with Gasteiger partial charge in [0.15, 0.2) is 0 Å². The average Bonchev–Trinajstić information content (AvgIpc) is 3.07. The third-order valence-electron chi connectivity index (χ3n) is 4.56. The Morgan fingerprint density at radius 3 is 2.45 bits per heavy atom. The smallest absolute Gasteiger partial charge is 0.407 e. The van der Waals surface area contributed by atoms with Crippen LogP contribution in [0.15, 0.2) is 30.5 Å². The number of carbonyl (C=O) groups excluding carboxylic acids is 2. The molecule has 0 radical (unpaired) electrons. The highest BCUT2D eigenvalue weighted by molar-refractivity contribution is 5.90. The van der Waals surface area contributed by atoms with E-state index >= 15 is 0 Å². The van der Waals surface area contributed by atoms with Gasteiger partial charge in [-0.2, -0.15) is 0 Å². The van der Waals surface area contributed by atoms with E-state index in [4.69, 9.17) is 9.57 Å². The van der Waals surface area contributed by atoms with Crippen molar-refractivity contribution in [3.63, 3.8) is 0 Å². The lowest BCUT2D eigenvalue weighted by Crippen LogP contribution is -2.40. The van der Waals surface area contributed by atoms with E-state index in [0.717, 1.165) is 16.2 Å². The number of hydrogen-bond acceptors (Lipinski definition) is 6. The summed E-state index contributed by atoms with van der Waals surface area (Å²) in [6.07, 6.45) is 2.24. The van der Waals surface area contributed by atoms with Crippen molar-refractivity contribution in [2.24, 2.45) is 7.05 Å². The maximum absolute atomic E-state index is 12.3. The fourth-order valence-corrected chi connectivity index (χ4v) is 2.98. The predicted octanol–water partition coefficient (Wildman–Crippen LogP) is 2.54. The molecule has 2 aromatic rings. The number of benzene rings is 1. The minimum atomic E-state index is -0.587. The Bertz CT molecular complexity index is 886. The molecule has 0 saturated heterocycles. The van der Waals surface area contributed by atoms with Crippen molar-refractivity contribution in [3.8, 4) is 11.3 Å². The number of nitrogens with zero attached hydrogens (tertiary/aromatic N) is 3. The molecule has 0 aliphatic heterocycles. The summed E-state index contributed by atoms with van der Waals surface area (Å²) in [7, 11) is 4.70. The monoisotopic (exact) mass is 432 g/mol. The summed E-state index contributed by atoms with van der Waals surface area (Å²) in [5.74, 6) is -0.0686. The van der Waals surface area contributed by atoms with E-state index < -0.39 is 11.7 Å². The molecule has 0 spiro atoms. The van der Waals surface area contributed by atoms with E-state index in [1.807, 2.05) is 24.3 Å². The van der Waals surface area contributed by atoms with Gasteiger partial charge in [0.25, 0.3) is 0 Å². The van der Waals surface area contributed by atoms with Crippen LogP contribution in [-0.2, 0) is 23.0 Å². The molecule has 9 nitrogen and oxygen atoms in total. The lowest BCUT2D eigenvalue weighted by atomic mass is 10.0. The second kappa shape index (κ2) is 10.4. The third-order valence-corrected chi connectivity index (χ3v) is 4.56. The number of rotatable bonds is 8. The number of alkyl carbamates (subject to hydrolysis) is 1. The molecule has 0 unspecified atom stereocenters. The van der Waals surface area contributed by atoms with Gasteiger partial charge in [-0.3, -0.25) is 9.63 Å². The van der Waals surface area contributed by atoms with Crippen LogP contribution in [0.25, 0.3) is 11.3 Å². The molecule has 0 fully saturated rings. The molecule has 2 rings (SSSR count). The van der Waals surface area contributed by atoms with Gasteiger partial charge < -0.3 is 19.7 Å². The van der Waals surface area contributed by atoms with Crippen LogP contribution < -0.4 is 5.32 Å². The summed E-state index contributed by atoms with van der Waals surface area (Å²) < 4.78 is 6.96. The van der Waals surface area contributed by atoms with E-state index in [0.29, 0.717) is 18.5 Å². The van der Waals surface area contributed by atoms with Crippen LogP contribution in [0.1, 0.15) is 43.4 Å². The molecule has 0 aliphatic carbocycles. The minimum absolute atomic E-state index is 0.0425. The van der Waals surface area contributed by atoms with Crippen molar-refractivity contribution in [1.29, 1.82) is 0 Å². The van der Waals surface area contributed by atoms with Gasteiger partial charge in [0, 0.05) is 38.5 Å². The first kappa shape index (κ1) is 24.4. The number of nitrogens with one attached hydrogen (secondary N) is 1. The molecule has 170 valence electrons. The van der Waals surface area contributed by atoms with E-state index in [1.54, 1.807) is 38.6 Å². The number of hydrogen-bond donors (Lipinski definition) is 2. The minimum Gasteiger partial charge on any atom is -0.444 e. The van der Waals surface area contributed by atoms with E-state index in [2.05, 4.69) is 10.3 Å². The molecular weight excluding hydrogens is 400 g/mol. The zero-order chi connectivity index (χ0) is 23.2. The number of ether oxygens (including phenoxy) is 1. The first-order valence-corrected chi connectivity index (χ1v) is 10.1. The summed E-state index contributed by atoms with van der Waals surface area (Å²) in [6, 6.07) is 7.45. The zero-order valence-electron chi connectivity index (χ0n) is 19.0. The standard InChI is InChI=1S/C22H32N4O5/c1-22(2,3)31-21(29)23-17(11-12-27)13-15-7-9-16(10-8-15)18-14-25(4)19(24-18)20(28)26(5)30-6/h7-10,14,17,27H,11-13H2,1-6H3,(H,23,29)/t17-/m1/s1. The Hall–Kier alpha value is -2.91. The van der Waals surface area contributed by atoms with Crippen LogP contribution in [-0.4, -0.2) is 64.1 Å². The first-order chi connectivity index (χ1) is 14.5. The highest BCUT2D eigenvalue weighted by Gasteiger charge is 2.21. The molecule has 31 heavy (non-hydrogen) atoms. The topological polar surface area (TPSA) is 106 Å². The Labute approximate surface area is 182 Å². The quantitative estimate of drug-likeness (QED) is 0.621. The summed E-state index contributed by atoms with van der Waals surface area (Å²) in [4.78, 5) is 33.7. The molecule has 1 aromatic heterocycles. The fourth-order valence-electron chi connectivity index (χ4n) is 2.98. The summed E-state index contributed by atoms with van der Waals surface area (Å²) in [5.41, 5.74) is 1.93. The maximum Gasteiger partial charge on any atom is 0.407 e. The van der Waals surface area contributed by atoms with Crippen molar-refractivity contribution < 1.29 is 24.3 Å². The van der Waals surface area contributed by atoms with Crippen LogP contribution in [0.4, 0.5) is 4.79 Å². The molecular formula is C22H32N4O5. The molecule has 0 bridgehead atoms. The van der Waals surface area contributed by atoms with Gasteiger partial charge in [0.05, 0.1) is 12.8 Å². The highest BCUT2D eigenvalue weighted by atomic mass is 16.7. The van der Waals surface area contributed by atoms with Gasteiger partial charge in [-0.05, 0) is 39.2 Å². The molecule has 1 heterocycles. The lowest BCUT2D eigenvalue weighted by Gasteiger charge is -2.23. The van der Waals surface area contributed by atoms with Crippen LogP contribution in [0.2, 0.25) is 0 Å². The van der Waals surface area contributed by atoms with Crippen molar-refractivity contribution in [1.82, 2.24) is 19.9 Å². The maximum atomic E-state index is 12.3. The fraction of sp³-hybridized carbons (Fsp3) is 0.500. The highest BCUT2D eigenvalue weighted by Crippen LogP contribution is 2.20. The normalized spacial score (nSPS) is 12.4. The Morgan fingerprint density at radius 2 is 1.90 bits per heavy atom. The Morgan fingerprint density at radius 1 is 1.26 bits per heavy atom.